The molecule has 0 unspecified atom stereocenters. The van der Waals surface area contributed by atoms with Gasteiger partial charge in [0.25, 0.3) is 0 Å². The molecule has 10 nitrogen and oxygen atoms in total. The molecule has 5 aromatic rings. The second-order valence-electron chi connectivity index (χ2n) is 9.65. The topological polar surface area (TPSA) is 172 Å². The number of nitrogens with zero attached hydrogens (tertiary/aromatic N) is 6. The van der Waals surface area contributed by atoms with Gasteiger partial charge in [-0.05, 0) is 23.3 Å². The molecular formula is C33H16N6O4S3. The number of nitriles is 4. The molecule has 0 fully saturated rings. The molecule has 1 aliphatic carbocycles. The molecule has 0 saturated heterocycles. The van der Waals surface area contributed by atoms with Crippen molar-refractivity contribution in [1.82, 2.24) is 0 Å². The van der Waals surface area contributed by atoms with E-state index < -0.39 is 23.1 Å². The average molecular weight is 657 g/mol. The van der Waals surface area contributed by atoms with Crippen LogP contribution in [0.3, 0.4) is 0 Å². The number of thiophene rings is 3. The number of ether oxygens (including phenoxy) is 2. The molecule has 13 heteroatoms. The quantitative estimate of drug-likeness (QED) is 0.0989. The van der Waals surface area contributed by atoms with Gasteiger partial charge in [-0.3, -0.25) is 9.59 Å². The second kappa shape index (κ2) is 12.6. The highest BCUT2D eigenvalue weighted by Gasteiger charge is 2.60. The molecule has 0 radical (unpaired) electrons. The molecule has 46 heavy (non-hydrogen) atoms. The number of aliphatic imine (C=N–C) groups is 2. The van der Waals surface area contributed by atoms with E-state index in [1.54, 1.807) is 78.9 Å². The normalized spacial score (nSPS) is 12.5. The molecule has 0 amide bonds. The molecule has 0 bridgehead atoms. The Morgan fingerprint density at radius 3 is 1.78 bits per heavy atom. The number of fused-ring (bicyclic) bond motifs is 5. The minimum Gasteiger partial charge on any atom is -0.459 e. The summed E-state index contributed by atoms with van der Waals surface area (Å²) in [5.74, 6) is -1.93. The SMILES string of the molecule is N#CC(C#N)=NC1=Cc2sc3c(sc4cc(N=C(C#N)C#N)sc43)c2C1(C(=O)OCc1ccccc1)C(=O)OCc1ccccc1. The molecule has 220 valence electrons. The Bertz CT molecular complexity index is 2220. The molecule has 3 heterocycles. The second-order valence-corrected chi connectivity index (χ2v) is 12.8. The van der Waals surface area contributed by atoms with E-state index in [9.17, 15) is 20.1 Å². The van der Waals surface area contributed by atoms with Crippen LogP contribution >= 0.6 is 34.0 Å². The summed E-state index contributed by atoms with van der Waals surface area (Å²) in [5.41, 5.74) is -1.57. The predicted molar refractivity (Wildman–Crippen MR) is 174 cm³/mol. The van der Waals surface area contributed by atoms with Crippen LogP contribution in [0.2, 0.25) is 0 Å². The van der Waals surface area contributed by atoms with Crippen molar-refractivity contribution in [2.75, 3.05) is 0 Å². The van der Waals surface area contributed by atoms with Gasteiger partial charge in [0, 0.05) is 15.1 Å². The average Bonchev–Trinajstić information content (AvgIpc) is 3.81. The Morgan fingerprint density at radius 2 is 1.24 bits per heavy atom. The van der Waals surface area contributed by atoms with Gasteiger partial charge in [-0.15, -0.1) is 34.0 Å². The van der Waals surface area contributed by atoms with Crippen LogP contribution in [0.5, 0.6) is 0 Å². The molecule has 0 saturated carbocycles. The Hall–Kier alpha value is -5.96. The van der Waals surface area contributed by atoms with E-state index in [0.717, 1.165) is 14.1 Å². The molecule has 1 aliphatic rings. The number of carbonyl (C=O) groups is 2. The van der Waals surface area contributed by atoms with E-state index >= 15 is 0 Å². The van der Waals surface area contributed by atoms with Crippen LogP contribution in [0, 0.1) is 45.3 Å². The fourth-order valence-electron chi connectivity index (χ4n) is 4.91. The lowest BCUT2D eigenvalue weighted by molar-refractivity contribution is -0.164. The molecule has 6 rings (SSSR count). The van der Waals surface area contributed by atoms with Gasteiger partial charge in [-0.1, -0.05) is 60.7 Å². The summed E-state index contributed by atoms with van der Waals surface area (Å²) < 4.78 is 14.5. The number of rotatable bonds is 8. The zero-order chi connectivity index (χ0) is 32.3. The third-order valence-electron chi connectivity index (χ3n) is 6.94. The first-order valence-electron chi connectivity index (χ1n) is 13.3. The van der Waals surface area contributed by atoms with Crippen molar-refractivity contribution in [2.45, 2.75) is 18.6 Å². The minimum atomic E-state index is -2.25. The summed E-state index contributed by atoms with van der Waals surface area (Å²) in [5, 5.41) is 37.9. The molecule has 3 aromatic heterocycles. The molecule has 2 aromatic carbocycles. The highest BCUT2D eigenvalue weighted by molar-refractivity contribution is 7.40. The third-order valence-corrected chi connectivity index (χ3v) is 10.7. The standard InChI is InChI=1S/C33H16N6O4S3/c34-13-21(14-35)38-25-11-23-27(29-30(44-23)28-24(45-29)12-26(46-28)39-22(15-36)16-37)33(25,31(40)42-17-19-7-3-1-4-8-19)32(41)43-18-20-9-5-2-6-10-20/h1-12H,17-18H2. The van der Waals surface area contributed by atoms with E-state index in [1.807, 2.05) is 12.1 Å². The van der Waals surface area contributed by atoms with E-state index in [-0.39, 0.29) is 24.6 Å². The molecule has 0 atom stereocenters. The summed E-state index contributed by atoms with van der Waals surface area (Å²) in [6.07, 6.45) is 1.51. The Labute approximate surface area is 273 Å². The molecule has 0 spiro atoms. The van der Waals surface area contributed by atoms with Crippen molar-refractivity contribution >= 4 is 87.2 Å². The van der Waals surface area contributed by atoms with Crippen LogP contribution in [0.25, 0.3) is 24.9 Å². The van der Waals surface area contributed by atoms with Gasteiger partial charge < -0.3 is 9.47 Å². The zero-order valence-electron chi connectivity index (χ0n) is 23.4. The summed E-state index contributed by atoms with van der Waals surface area (Å²) in [7, 11) is 0. The van der Waals surface area contributed by atoms with Crippen molar-refractivity contribution in [3.8, 4) is 24.3 Å². The van der Waals surface area contributed by atoms with Crippen molar-refractivity contribution in [3.05, 3.63) is 94.0 Å². The van der Waals surface area contributed by atoms with Crippen LogP contribution in [0.15, 0.2) is 82.4 Å². The maximum absolute atomic E-state index is 14.4. The van der Waals surface area contributed by atoms with E-state index in [2.05, 4.69) is 9.98 Å². The summed E-state index contributed by atoms with van der Waals surface area (Å²) in [4.78, 5) is 37.6. The van der Waals surface area contributed by atoms with Gasteiger partial charge in [0.2, 0.25) is 16.8 Å². The first-order chi connectivity index (χ1) is 22.4. The van der Waals surface area contributed by atoms with Crippen molar-refractivity contribution < 1.29 is 19.1 Å². The van der Waals surface area contributed by atoms with Crippen LogP contribution in [-0.4, -0.2) is 23.4 Å². The van der Waals surface area contributed by atoms with E-state index in [4.69, 9.17) is 20.0 Å². The Balaban J connectivity index is 1.54. The maximum Gasteiger partial charge on any atom is 0.334 e. The maximum atomic E-state index is 14.4. The lowest BCUT2D eigenvalue weighted by Crippen LogP contribution is -2.46. The number of carbonyl (C=O) groups excluding carboxylic acids is 2. The van der Waals surface area contributed by atoms with E-state index in [0.29, 0.717) is 31.3 Å². The van der Waals surface area contributed by atoms with Crippen molar-refractivity contribution in [2.24, 2.45) is 9.98 Å². The lowest BCUT2D eigenvalue weighted by Gasteiger charge is -2.27. The van der Waals surface area contributed by atoms with Gasteiger partial charge in [0.1, 0.15) is 42.5 Å². The minimum absolute atomic E-state index is 0.153. The number of hydrogen-bond acceptors (Lipinski definition) is 13. The number of benzene rings is 2. The fraction of sp³-hybridized carbons (Fsp3) is 0.0909. The largest absolute Gasteiger partial charge is 0.459 e. The Kier molecular flexibility index (Phi) is 8.22. The Morgan fingerprint density at radius 1 is 0.696 bits per heavy atom. The van der Waals surface area contributed by atoms with Gasteiger partial charge in [-0.2, -0.15) is 21.0 Å². The summed E-state index contributed by atoms with van der Waals surface area (Å²) >= 11 is 3.85. The first-order valence-corrected chi connectivity index (χ1v) is 15.8. The fourth-order valence-corrected chi connectivity index (χ4v) is 9.10. The number of hydrogen-bond donors (Lipinski definition) is 0. The summed E-state index contributed by atoms with van der Waals surface area (Å²) in [6, 6.07) is 26.5. The zero-order valence-corrected chi connectivity index (χ0v) is 25.8. The highest BCUT2D eigenvalue weighted by atomic mass is 32.1. The molecule has 0 N–H and O–H groups in total. The molecular weight excluding hydrogens is 641 g/mol. The third kappa shape index (κ3) is 5.21. The highest BCUT2D eigenvalue weighted by Crippen LogP contribution is 2.56. The van der Waals surface area contributed by atoms with Crippen LogP contribution < -0.4 is 0 Å². The summed E-state index contributed by atoms with van der Waals surface area (Å²) in [6.45, 7) is -0.311. The van der Waals surface area contributed by atoms with Gasteiger partial charge in [0.05, 0.1) is 19.8 Å². The van der Waals surface area contributed by atoms with Crippen LogP contribution in [0.1, 0.15) is 21.6 Å². The number of esters is 2. The smallest absolute Gasteiger partial charge is 0.334 e. The predicted octanol–water partition coefficient (Wildman–Crippen LogP) is 6.86. The first kappa shape index (κ1) is 30.1. The molecule has 0 aliphatic heterocycles. The lowest BCUT2D eigenvalue weighted by atomic mass is 9.81. The van der Waals surface area contributed by atoms with Crippen LogP contribution in [-0.2, 0) is 37.7 Å². The van der Waals surface area contributed by atoms with E-state index in [1.165, 1.54) is 40.1 Å². The van der Waals surface area contributed by atoms with Gasteiger partial charge in [0.15, 0.2) is 0 Å². The van der Waals surface area contributed by atoms with Gasteiger partial charge >= 0.3 is 11.9 Å². The van der Waals surface area contributed by atoms with Crippen LogP contribution in [0.4, 0.5) is 5.00 Å². The van der Waals surface area contributed by atoms with Crippen molar-refractivity contribution in [1.29, 1.82) is 21.0 Å². The van der Waals surface area contributed by atoms with Crippen molar-refractivity contribution in [3.63, 3.8) is 0 Å². The van der Waals surface area contributed by atoms with Gasteiger partial charge in [-0.25, -0.2) is 9.98 Å². The monoisotopic (exact) mass is 656 g/mol.